The van der Waals surface area contributed by atoms with Gasteiger partial charge in [-0.3, -0.25) is 19.2 Å². The van der Waals surface area contributed by atoms with Gasteiger partial charge < -0.3 is 10.6 Å². The molecule has 0 aromatic heterocycles. The highest BCUT2D eigenvalue weighted by Gasteiger charge is 2.40. The van der Waals surface area contributed by atoms with Crippen molar-refractivity contribution in [1.29, 1.82) is 0 Å². The summed E-state index contributed by atoms with van der Waals surface area (Å²) in [6.45, 7) is 1.94. The van der Waals surface area contributed by atoms with Gasteiger partial charge in [0.05, 0.1) is 10.9 Å². The van der Waals surface area contributed by atoms with Crippen LogP contribution in [0.15, 0.2) is 114 Å². The van der Waals surface area contributed by atoms with Crippen LogP contribution < -0.4 is 15.5 Å². The van der Waals surface area contributed by atoms with Gasteiger partial charge in [0, 0.05) is 22.6 Å². The molecule has 210 valence electrons. The summed E-state index contributed by atoms with van der Waals surface area (Å²) in [5, 5.41) is 4.91. The molecule has 1 fully saturated rings. The standard InChI is InChI=1S/C33H26FN3O4S/c1-21-6-5-7-22(18-21)19-28(36-31(39)23-8-3-2-4-9-23)32(40)35-25-12-16-27(17-13-25)42-29-20-30(38)37(33(29)41)26-14-10-24(34)11-15-26/h2-19,29H,20H2,1H3,(H,35,40)(H,36,39)/b28-19-. The van der Waals surface area contributed by atoms with Crippen LogP contribution in [0.25, 0.3) is 6.08 Å². The van der Waals surface area contributed by atoms with E-state index in [0.29, 0.717) is 16.9 Å². The number of amides is 4. The minimum atomic E-state index is -0.625. The fourth-order valence-corrected chi connectivity index (χ4v) is 5.46. The molecule has 4 aromatic rings. The van der Waals surface area contributed by atoms with Crippen LogP contribution in [-0.2, 0) is 14.4 Å². The molecule has 4 amide bonds. The van der Waals surface area contributed by atoms with Crippen LogP contribution in [0.4, 0.5) is 15.8 Å². The van der Waals surface area contributed by atoms with Crippen molar-refractivity contribution in [1.82, 2.24) is 5.32 Å². The maximum Gasteiger partial charge on any atom is 0.272 e. The SMILES string of the molecule is Cc1cccc(/C=C(\NC(=O)c2ccccc2)C(=O)Nc2ccc(SC3CC(=O)N(c4ccc(F)cc4)C3=O)cc2)c1. The van der Waals surface area contributed by atoms with E-state index < -0.39 is 22.9 Å². The van der Waals surface area contributed by atoms with Gasteiger partial charge >= 0.3 is 0 Å². The summed E-state index contributed by atoms with van der Waals surface area (Å²) >= 11 is 1.24. The van der Waals surface area contributed by atoms with E-state index in [2.05, 4.69) is 10.6 Å². The number of imide groups is 1. The van der Waals surface area contributed by atoms with Crippen LogP contribution in [0.3, 0.4) is 0 Å². The fraction of sp³-hybridized carbons (Fsp3) is 0.0909. The highest BCUT2D eigenvalue weighted by molar-refractivity contribution is 8.00. The van der Waals surface area contributed by atoms with Gasteiger partial charge in [0.25, 0.3) is 11.8 Å². The van der Waals surface area contributed by atoms with Crippen LogP contribution in [-0.4, -0.2) is 28.9 Å². The molecule has 1 unspecified atom stereocenters. The lowest BCUT2D eigenvalue weighted by atomic mass is 10.1. The first-order valence-corrected chi connectivity index (χ1v) is 14.0. The van der Waals surface area contributed by atoms with Crippen LogP contribution in [0.1, 0.15) is 27.9 Å². The first kappa shape index (κ1) is 28.5. The molecule has 1 aliphatic heterocycles. The zero-order valence-electron chi connectivity index (χ0n) is 22.5. The number of thioether (sulfide) groups is 1. The van der Waals surface area contributed by atoms with Crippen molar-refractivity contribution < 1.29 is 23.6 Å². The smallest absolute Gasteiger partial charge is 0.272 e. The molecule has 7 nitrogen and oxygen atoms in total. The van der Waals surface area contributed by atoms with E-state index in [-0.39, 0.29) is 23.9 Å². The van der Waals surface area contributed by atoms with Crippen LogP contribution in [0.5, 0.6) is 0 Å². The molecule has 1 aliphatic rings. The van der Waals surface area contributed by atoms with E-state index in [0.717, 1.165) is 20.9 Å². The number of anilines is 2. The topological polar surface area (TPSA) is 95.6 Å². The lowest BCUT2D eigenvalue weighted by Crippen LogP contribution is -2.31. The Hall–Kier alpha value is -5.02. The minimum Gasteiger partial charge on any atom is -0.321 e. The summed E-state index contributed by atoms with van der Waals surface area (Å²) in [5.41, 5.74) is 3.07. The van der Waals surface area contributed by atoms with Crippen LogP contribution in [0.2, 0.25) is 0 Å². The largest absolute Gasteiger partial charge is 0.321 e. The molecular weight excluding hydrogens is 553 g/mol. The van der Waals surface area contributed by atoms with Crippen molar-refractivity contribution in [2.75, 3.05) is 10.2 Å². The van der Waals surface area contributed by atoms with Crippen LogP contribution in [0, 0.1) is 12.7 Å². The quantitative estimate of drug-likeness (QED) is 0.198. The predicted molar refractivity (Wildman–Crippen MR) is 161 cm³/mol. The van der Waals surface area contributed by atoms with Gasteiger partial charge in [-0.05, 0) is 79.2 Å². The number of aryl methyl sites for hydroxylation is 1. The molecule has 0 spiro atoms. The molecule has 0 bridgehead atoms. The molecule has 1 saturated heterocycles. The van der Waals surface area contributed by atoms with Crippen molar-refractivity contribution in [2.45, 2.75) is 23.5 Å². The molecule has 2 N–H and O–H groups in total. The number of hydrogen-bond donors (Lipinski definition) is 2. The first-order valence-electron chi connectivity index (χ1n) is 13.1. The highest BCUT2D eigenvalue weighted by Crippen LogP contribution is 2.34. The Morgan fingerprint density at radius 3 is 2.31 bits per heavy atom. The number of halogens is 1. The van der Waals surface area contributed by atoms with Crippen molar-refractivity contribution in [3.8, 4) is 0 Å². The zero-order valence-corrected chi connectivity index (χ0v) is 23.4. The Bertz CT molecular complexity index is 1670. The summed E-state index contributed by atoms with van der Waals surface area (Å²) in [5.74, 6) is -2.09. The Morgan fingerprint density at radius 2 is 1.62 bits per heavy atom. The number of benzene rings is 4. The van der Waals surface area contributed by atoms with Gasteiger partial charge in [-0.2, -0.15) is 0 Å². The zero-order chi connectivity index (χ0) is 29.6. The number of carbonyl (C=O) groups is 4. The van der Waals surface area contributed by atoms with Crippen molar-refractivity contribution in [2.24, 2.45) is 0 Å². The lowest BCUT2D eigenvalue weighted by molar-refractivity contribution is -0.121. The molecule has 42 heavy (non-hydrogen) atoms. The summed E-state index contributed by atoms with van der Waals surface area (Å²) in [6.07, 6.45) is 1.64. The monoisotopic (exact) mass is 579 g/mol. The highest BCUT2D eigenvalue weighted by atomic mass is 32.2. The number of nitrogens with zero attached hydrogens (tertiary/aromatic N) is 1. The summed E-state index contributed by atoms with van der Waals surface area (Å²) in [4.78, 5) is 53.4. The third-order valence-corrected chi connectivity index (χ3v) is 7.66. The number of hydrogen-bond acceptors (Lipinski definition) is 5. The van der Waals surface area contributed by atoms with Gasteiger partial charge in [0.1, 0.15) is 11.5 Å². The predicted octanol–water partition coefficient (Wildman–Crippen LogP) is 5.97. The number of carbonyl (C=O) groups excluding carboxylic acids is 4. The molecule has 0 saturated carbocycles. The average molecular weight is 580 g/mol. The van der Waals surface area contributed by atoms with E-state index in [1.165, 1.54) is 36.0 Å². The van der Waals surface area contributed by atoms with Crippen molar-refractivity contribution in [3.05, 3.63) is 131 Å². The number of rotatable bonds is 8. The number of nitrogens with one attached hydrogen (secondary N) is 2. The molecule has 0 radical (unpaired) electrons. The molecule has 4 aromatic carbocycles. The summed E-state index contributed by atoms with van der Waals surface area (Å²) in [7, 11) is 0. The molecule has 1 atom stereocenters. The van der Waals surface area contributed by atoms with Gasteiger partial charge in [0.15, 0.2) is 0 Å². The second kappa shape index (κ2) is 12.7. The molecule has 0 aliphatic carbocycles. The van der Waals surface area contributed by atoms with Crippen molar-refractivity contribution in [3.63, 3.8) is 0 Å². The van der Waals surface area contributed by atoms with E-state index >= 15 is 0 Å². The Labute approximate surface area is 246 Å². The maximum atomic E-state index is 13.3. The Kier molecular flexibility index (Phi) is 8.59. The van der Waals surface area contributed by atoms with Crippen LogP contribution >= 0.6 is 11.8 Å². The average Bonchev–Trinajstić information content (AvgIpc) is 3.26. The van der Waals surface area contributed by atoms with Gasteiger partial charge in [0.2, 0.25) is 11.8 Å². The summed E-state index contributed by atoms with van der Waals surface area (Å²) in [6, 6.07) is 28.2. The van der Waals surface area contributed by atoms with E-state index in [1.807, 2.05) is 31.2 Å². The third kappa shape index (κ3) is 6.82. The molecule has 1 heterocycles. The van der Waals surface area contributed by atoms with Gasteiger partial charge in [-0.25, -0.2) is 9.29 Å². The van der Waals surface area contributed by atoms with Gasteiger partial charge in [-0.15, -0.1) is 11.8 Å². The van der Waals surface area contributed by atoms with Gasteiger partial charge in [-0.1, -0.05) is 48.0 Å². The molecular formula is C33H26FN3O4S. The van der Waals surface area contributed by atoms with Crippen molar-refractivity contribution >= 4 is 52.8 Å². The third-order valence-electron chi connectivity index (χ3n) is 6.46. The molecule has 9 heteroatoms. The minimum absolute atomic E-state index is 0.0214. The Morgan fingerprint density at radius 1 is 0.905 bits per heavy atom. The molecule has 5 rings (SSSR count). The van der Waals surface area contributed by atoms with E-state index in [9.17, 15) is 23.6 Å². The van der Waals surface area contributed by atoms with E-state index in [1.54, 1.807) is 60.7 Å². The lowest BCUT2D eigenvalue weighted by Gasteiger charge is -2.15. The second-order valence-electron chi connectivity index (χ2n) is 9.63. The summed E-state index contributed by atoms with van der Waals surface area (Å²) < 4.78 is 13.3. The maximum absolute atomic E-state index is 13.3. The fourth-order valence-electron chi connectivity index (χ4n) is 4.41. The Balaban J connectivity index is 1.28. The normalized spacial score (nSPS) is 15.0. The first-order chi connectivity index (χ1) is 20.3. The van der Waals surface area contributed by atoms with E-state index in [4.69, 9.17) is 0 Å². The second-order valence-corrected chi connectivity index (χ2v) is 10.9.